The van der Waals surface area contributed by atoms with Crippen LogP contribution in [-0.2, 0) is 28.1 Å². The summed E-state index contributed by atoms with van der Waals surface area (Å²) in [5, 5.41) is 7.35. The van der Waals surface area contributed by atoms with Crippen LogP contribution in [0, 0.1) is 0 Å². The summed E-state index contributed by atoms with van der Waals surface area (Å²) in [7, 11) is 0. The van der Waals surface area contributed by atoms with Crippen LogP contribution < -0.4 is 9.80 Å². The summed E-state index contributed by atoms with van der Waals surface area (Å²) in [6, 6.07) is 117. The van der Waals surface area contributed by atoms with Crippen LogP contribution in [-0.4, -0.2) is 9.13 Å². The molecule has 0 unspecified atom stereocenters. The Morgan fingerprint density at radius 2 is 0.804 bits per heavy atom. The number of allylic oxidation sites excluding steroid dienone is 4. The van der Waals surface area contributed by atoms with Gasteiger partial charge in [-0.25, -0.2) is 0 Å². The zero-order chi connectivity index (χ0) is 73.7. The molecule has 0 fully saturated rings. The van der Waals surface area contributed by atoms with Gasteiger partial charge in [0.25, 0.3) is 0 Å². The van der Waals surface area contributed by atoms with Crippen molar-refractivity contribution in [2.45, 2.75) is 97.3 Å². The van der Waals surface area contributed by atoms with Crippen LogP contribution in [0.5, 0.6) is 0 Å². The molecule has 4 heteroatoms. The average Bonchev–Trinajstić information content (AvgIpc) is 1.46. The second-order valence-corrected chi connectivity index (χ2v) is 32.1. The van der Waals surface area contributed by atoms with Gasteiger partial charge in [0.05, 0.1) is 33.2 Å². The molecule has 0 bridgehead atoms. The van der Waals surface area contributed by atoms with Gasteiger partial charge in [-0.15, -0.1) is 0 Å². The first-order chi connectivity index (χ1) is 51.8. The van der Waals surface area contributed by atoms with Crippen molar-refractivity contribution in [3.63, 3.8) is 0 Å². The summed E-state index contributed by atoms with van der Waals surface area (Å²) in [5.41, 5.74) is 29.1. The van der Waals surface area contributed by atoms with E-state index in [1.54, 1.807) is 0 Å². The van der Waals surface area contributed by atoms with E-state index in [-0.39, 0.29) is 16.2 Å². The number of rotatable bonds is 15. The summed E-state index contributed by atoms with van der Waals surface area (Å²) in [5.74, 6) is 0. The minimum absolute atomic E-state index is 0.0162. The molecule has 1 aliphatic rings. The Hall–Kier alpha value is -12.2. The highest BCUT2D eigenvalue weighted by molar-refractivity contribution is 6.14. The minimum Gasteiger partial charge on any atom is -0.310 e. The van der Waals surface area contributed by atoms with Crippen molar-refractivity contribution in [2.75, 3.05) is 9.80 Å². The maximum absolute atomic E-state index is 4.24. The quantitative estimate of drug-likeness (QED) is 0.0951. The normalized spacial score (nSPS) is 13.0. The fourth-order valence-corrected chi connectivity index (χ4v) is 17.0. The Balaban J connectivity index is 0.910. The number of fused-ring (bicyclic) bond motifs is 11. The molecule has 16 aromatic rings. The summed E-state index contributed by atoms with van der Waals surface area (Å²) in [6.45, 7) is 31.4. The molecule has 522 valence electrons. The van der Waals surface area contributed by atoms with E-state index >= 15 is 0 Å². The highest BCUT2D eigenvalue weighted by Crippen LogP contribution is 2.61. The van der Waals surface area contributed by atoms with Gasteiger partial charge in [0, 0.05) is 66.7 Å². The first-order valence-corrected chi connectivity index (χ1v) is 37.8. The lowest BCUT2D eigenvalue weighted by molar-refractivity contribution is 0.590. The van der Waals surface area contributed by atoms with Gasteiger partial charge in [0.2, 0.25) is 0 Å². The van der Waals surface area contributed by atoms with Gasteiger partial charge >= 0.3 is 0 Å². The molecule has 0 amide bonds. The minimum atomic E-state index is -0.842. The number of nitrogens with zero attached hydrogens (tertiary/aromatic N) is 4. The van der Waals surface area contributed by atoms with Gasteiger partial charge in [0.1, 0.15) is 0 Å². The largest absolute Gasteiger partial charge is 0.310 e. The number of aryl methyl sites for hydroxylation is 1. The third kappa shape index (κ3) is 11.6. The molecular formula is C103H90N4. The molecule has 0 N–H and O–H groups in total. The highest BCUT2D eigenvalue weighted by atomic mass is 15.2. The zero-order valence-electron chi connectivity index (χ0n) is 63.1. The average molecular weight is 1380 g/mol. The van der Waals surface area contributed by atoms with Crippen molar-refractivity contribution in [3.05, 3.63) is 391 Å². The van der Waals surface area contributed by atoms with Gasteiger partial charge in [-0.1, -0.05) is 283 Å². The molecule has 17 rings (SSSR count). The lowest BCUT2D eigenvalue weighted by Crippen LogP contribution is -2.29. The molecule has 0 aliphatic heterocycles. The Labute approximate surface area is 630 Å². The fourth-order valence-electron chi connectivity index (χ4n) is 17.0. The van der Waals surface area contributed by atoms with E-state index in [0.717, 1.165) is 74.0 Å². The van der Waals surface area contributed by atoms with Gasteiger partial charge in [0.15, 0.2) is 0 Å². The lowest BCUT2D eigenvalue weighted by atomic mass is 9.67. The number of benzene rings is 14. The van der Waals surface area contributed by atoms with E-state index in [2.05, 4.69) is 411 Å². The van der Waals surface area contributed by atoms with E-state index < -0.39 is 5.41 Å². The number of hydrogen-bond donors (Lipinski definition) is 0. The maximum atomic E-state index is 4.24. The van der Waals surface area contributed by atoms with Crippen LogP contribution in [0.2, 0.25) is 0 Å². The molecule has 2 aromatic heterocycles. The summed E-state index contributed by atoms with van der Waals surface area (Å²) >= 11 is 0. The van der Waals surface area contributed by atoms with Crippen LogP contribution in [0.3, 0.4) is 0 Å². The summed E-state index contributed by atoms with van der Waals surface area (Å²) < 4.78 is 4.97. The molecule has 2 heterocycles. The smallest absolute Gasteiger partial charge is 0.0715 e. The second kappa shape index (κ2) is 26.4. The van der Waals surface area contributed by atoms with E-state index in [1.807, 2.05) is 18.2 Å². The third-order valence-corrected chi connectivity index (χ3v) is 22.5. The van der Waals surface area contributed by atoms with Crippen molar-refractivity contribution < 1.29 is 0 Å². The first kappa shape index (κ1) is 67.9. The topological polar surface area (TPSA) is 16.3 Å². The Bertz CT molecular complexity index is 6070. The molecule has 0 radical (unpaired) electrons. The van der Waals surface area contributed by atoms with Crippen molar-refractivity contribution in [3.8, 4) is 33.6 Å². The SMILES string of the molecule is C=CC=C(C=C)c1ccc(N(c2cccc(-n3c4ccc(C(C)(C)C)cc4c4cc(C(C)(C)C)ccc43)c2)c2cc3c(c4ccccc24)-c2ccc(N(c4ccc(-c5ccccc5)cc4)c4cccc(-n5c6ccc(CC)cc6c6cc(C(C)(C)C)ccc65)c4)cc2C3(c2ccccc2)c2ccccc2)cc1. The van der Waals surface area contributed by atoms with E-state index in [1.165, 1.54) is 110 Å². The zero-order valence-corrected chi connectivity index (χ0v) is 63.1. The summed E-state index contributed by atoms with van der Waals surface area (Å²) in [4.78, 5) is 4.99. The second-order valence-electron chi connectivity index (χ2n) is 32.1. The molecule has 14 aromatic carbocycles. The monoisotopic (exact) mass is 1380 g/mol. The number of anilines is 6. The Morgan fingerprint density at radius 1 is 0.364 bits per heavy atom. The molecule has 0 atom stereocenters. The molecule has 0 saturated carbocycles. The van der Waals surface area contributed by atoms with Gasteiger partial charge in [-0.2, -0.15) is 0 Å². The molecule has 4 nitrogen and oxygen atoms in total. The van der Waals surface area contributed by atoms with Crippen molar-refractivity contribution in [2.24, 2.45) is 0 Å². The van der Waals surface area contributed by atoms with Gasteiger partial charge in [-0.3, -0.25) is 0 Å². The predicted molar refractivity (Wildman–Crippen MR) is 459 cm³/mol. The maximum Gasteiger partial charge on any atom is 0.0715 e. The standard InChI is InChI=1S/C103H90N4/c1-13-29-69(15-3)71-43-52-79(53-44-71)105(81-37-28-39-83(65-81)107-96-58-48-76(101(7,8)9)62-90(96)91-63-77(102(10,11)12)49-59-97(91)107)98-67-93-99(86-41-26-25-40-85(86)98)87-55-54-84(66-92(87)103(93,73-32-21-17-22-33-73)74-34-23-18-24-35-74)104(78-50-45-72(46-51-78)70-30-19-16-20-31-70)80-36-27-38-82(64-80)106-94-56-42-68(14-2)60-88(94)89-61-75(100(4,5)6)47-57-95(89)106/h13,15-67H,1,3,14H2,2,4-12H3. The van der Waals surface area contributed by atoms with Crippen LogP contribution in [0.15, 0.2) is 341 Å². The predicted octanol–water partition coefficient (Wildman–Crippen LogP) is 28.2. The van der Waals surface area contributed by atoms with Crippen LogP contribution in [0.1, 0.15) is 119 Å². The Morgan fingerprint density at radius 3 is 1.31 bits per heavy atom. The molecule has 1 aliphatic carbocycles. The van der Waals surface area contributed by atoms with Crippen molar-refractivity contribution >= 4 is 94.1 Å². The van der Waals surface area contributed by atoms with E-state index in [9.17, 15) is 0 Å². The number of hydrogen-bond acceptors (Lipinski definition) is 2. The lowest BCUT2D eigenvalue weighted by Gasteiger charge is -2.36. The van der Waals surface area contributed by atoms with Crippen molar-refractivity contribution in [1.82, 2.24) is 9.13 Å². The highest BCUT2D eigenvalue weighted by Gasteiger charge is 2.48. The first-order valence-electron chi connectivity index (χ1n) is 37.8. The number of aromatic nitrogens is 2. The summed E-state index contributed by atoms with van der Waals surface area (Å²) in [6.07, 6.45) is 6.74. The fraction of sp³-hybridized carbons (Fsp3) is 0.146. The molecule has 107 heavy (non-hydrogen) atoms. The third-order valence-electron chi connectivity index (χ3n) is 22.5. The van der Waals surface area contributed by atoms with E-state index in [4.69, 9.17) is 0 Å². The van der Waals surface area contributed by atoms with Gasteiger partial charge < -0.3 is 18.9 Å². The van der Waals surface area contributed by atoms with E-state index in [0.29, 0.717) is 0 Å². The van der Waals surface area contributed by atoms with Crippen LogP contribution in [0.25, 0.3) is 93.6 Å². The Kier molecular flexibility index (Phi) is 16.8. The van der Waals surface area contributed by atoms with Crippen LogP contribution in [0.4, 0.5) is 34.1 Å². The van der Waals surface area contributed by atoms with Gasteiger partial charge in [-0.05, 0) is 233 Å². The van der Waals surface area contributed by atoms with Crippen LogP contribution >= 0.6 is 0 Å². The molecule has 0 spiro atoms. The molecule has 0 saturated heterocycles. The molecular weight excluding hydrogens is 1290 g/mol. The van der Waals surface area contributed by atoms with Crippen molar-refractivity contribution in [1.29, 1.82) is 0 Å².